The third kappa shape index (κ3) is 3.28. The van der Waals surface area contributed by atoms with Gasteiger partial charge in [0.1, 0.15) is 10.8 Å². The summed E-state index contributed by atoms with van der Waals surface area (Å²) in [5.74, 6) is 1.11. The van der Waals surface area contributed by atoms with Gasteiger partial charge in [0.2, 0.25) is 0 Å². The van der Waals surface area contributed by atoms with Crippen molar-refractivity contribution in [2.24, 2.45) is 11.3 Å². The molecule has 0 spiro atoms. The monoisotopic (exact) mass is 290 g/mol. The molecule has 2 aromatic rings. The minimum Gasteiger partial charge on any atom is -0.382 e. The first-order valence-corrected chi connectivity index (χ1v) is 7.56. The quantitative estimate of drug-likeness (QED) is 0.897. The van der Waals surface area contributed by atoms with Crippen molar-refractivity contribution in [2.75, 3.05) is 17.6 Å². The molecule has 0 saturated heterocycles. The van der Waals surface area contributed by atoms with Crippen LogP contribution in [0.15, 0.2) is 24.5 Å². The molecule has 2 rings (SSSR count). The van der Waals surface area contributed by atoms with Crippen molar-refractivity contribution >= 4 is 22.4 Å². The van der Waals surface area contributed by atoms with E-state index < -0.39 is 0 Å². The highest BCUT2D eigenvalue weighted by Crippen LogP contribution is 2.37. The minimum absolute atomic E-state index is 0.275. The summed E-state index contributed by atoms with van der Waals surface area (Å²) in [6.07, 6.45) is 3.58. The Morgan fingerprint density at radius 3 is 2.75 bits per heavy atom. The summed E-state index contributed by atoms with van der Waals surface area (Å²) in [6, 6.07) is 3.92. The Hall–Kier alpha value is -1.62. The van der Waals surface area contributed by atoms with Gasteiger partial charge in [0.05, 0.1) is 5.56 Å². The van der Waals surface area contributed by atoms with Crippen molar-refractivity contribution in [3.05, 3.63) is 24.5 Å². The molecule has 2 aromatic heterocycles. The molecule has 0 aliphatic carbocycles. The molecule has 0 amide bonds. The Labute approximate surface area is 124 Å². The number of rotatable bonds is 4. The predicted octanol–water partition coefficient (Wildman–Crippen LogP) is 3.88. The van der Waals surface area contributed by atoms with Crippen molar-refractivity contribution < 1.29 is 0 Å². The van der Waals surface area contributed by atoms with Crippen molar-refractivity contribution in [2.45, 2.75) is 27.7 Å². The largest absolute Gasteiger partial charge is 0.382 e. The van der Waals surface area contributed by atoms with Gasteiger partial charge in [-0.3, -0.25) is 4.98 Å². The number of hydrogen-bond donors (Lipinski definition) is 2. The lowest BCUT2D eigenvalue weighted by atomic mass is 9.82. The average molecular weight is 290 g/mol. The SMILES string of the molecule is CC(CNc1snc(N)c1-c1cccnc1)C(C)(C)C. The van der Waals surface area contributed by atoms with Crippen LogP contribution in [0.4, 0.5) is 10.8 Å². The predicted molar refractivity (Wildman–Crippen MR) is 86.9 cm³/mol. The fourth-order valence-electron chi connectivity index (χ4n) is 1.76. The van der Waals surface area contributed by atoms with Crippen molar-refractivity contribution in [3.63, 3.8) is 0 Å². The van der Waals surface area contributed by atoms with Gasteiger partial charge in [0.25, 0.3) is 0 Å². The number of hydrogen-bond acceptors (Lipinski definition) is 5. The standard InChI is InChI=1S/C15H22N4S/c1-10(15(2,3)4)8-18-14-12(13(16)19-20-14)11-6-5-7-17-9-11/h5-7,9-10,18H,8H2,1-4H3,(H2,16,19). The summed E-state index contributed by atoms with van der Waals surface area (Å²) < 4.78 is 4.26. The number of nitrogen functional groups attached to an aromatic ring is 1. The molecule has 1 atom stereocenters. The molecule has 2 heterocycles. The van der Waals surface area contributed by atoms with Gasteiger partial charge in [-0.25, -0.2) is 0 Å². The Morgan fingerprint density at radius 1 is 1.40 bits per heavy atom. The Bertz CT molecular complexity index is 557. The molecule has 0 radical (unpaired) electrons. The molecular formula is C15H22N4S. The molecular weight excluding hydrogens is 268 g/mol. The Morgan fingerprint density at radius 2 is 2.15 bits per heavy atom. The van der Waals surface area contributed by atoms with Crippen LogP contribution in [0.1, 0.15) is 27.7 Å². The first kappa shape index (κ1) is 14.8. The summed E-state index contributed by atoms with van der Waals surface area (Å²) in [5.41, 5.74) is 8.24. The van der Waals surface area contributed by atoms with E-state index in [1.807, 2.05) is 18.3 Å². The maximum atomic E-state index is 6.00. The number of nitrogens with zero attached hydrogens (tertiary/aromatic N) is 2. The van der Waals surface area contributed by atoms with E-state index in [4.69, 9.17) is 5.73 Å². The van der Waals surface area contributed by atoms with Crippen molar-refractivity contribution in [1.82, 2.24) is 9.36 Å². The lowest BCUT2D eigenvalue weighted by Crippen LogP contribution is -2.24. The van der Waals surface area contributed by atoms with Crippen LogP contribution in [0.2, 0.25) is 0 Å². The molecule has 4 nitrogen and oxygen atoms in total. The Kier molecular flexibility index (Phi) is 4.28. The van der Waals surface area contributed by atoms with Gasteiger partial charge in [-0.15, -0.1) is 0 Å². The molecule has 0 aromatic carbocycles. The van der Waals surface area contributed by atoms with E-state index in [0.717, 1.165) is 22.7 Å². The topological polar surface area (TPSA) is 63.8 Å². The summed E-state index contributed by atoms with van der Waals surface area (Å²) >= 11 is 1.41. The van der Waals surface area contributed by atoms with Crippen molar-refractivity contribution in [1.29, 1.82) is 0 Å². The zero-order valence-electron chi connectivity index (χ0n) is 12.5. The van der Waals surface area contributed by atoms with Crippen LogP contribution in [-0.2, 0) is 0 Å². The van der Waals surface area contributed by atoms with Crippen LogP contribution in [-0.4, -0.2) is 15.9 Å². The van der Waals surface area contributed by atoms with E-state index in [2.05, 4.69) is 42.4 Å². The fourth-order valence-corrected chi connectivity index (χ4v) is 2.51. The van der Waals surface area contributed by atoms with Gasteiger partial charge < -0.3 is 11.1 Å². The molecule has 108 valence electrons. The molecule has 0 aliphatic rings. The average Bonchev–Trinajstić information content (AvgIpc) is 2.77. The highest BCUT2D eigenvalue weighted by atomic mass is 32.1. The van der Waals surface area contributed by atoms with Gasteiger partial charge in [0.15, 0.2) is 0 Å². The van der Waals surface area contributed by atoms with Gasteiger partial charge >= 0.3 is 0 Å². The summed E-state index contributed by atoms with van der Waals surface area (Å²) in [5, 5.41) is 4.51. The third-order valence-electron chi connectivity index (χ3n) is 3.72. The van der Waals surface area contributed by atoms with Crippen LogP contribution < -0.4 is 11.1 Å². The first-order valence-electron chi connectivity index (χ1n) is 6.79. The lowest BCUT2D eigenvalue weighted by Gasteiger charge is -2.27. The first-order chi connectivity index (χ1) is 9.39. The second kappa shape index (κ2) is 5.79. The van der Waals surface area contributed by atoms with Crippen LogP contribution in [0.3, 0.4) is 0 Å². The number of nitrogens with one attached hydrogen (secondary N) is 1. The van der Waals surface area contributed by atoms with E-state index in [0.29, 0.717) is 11.7 Å². The smallest absolute Gasteiger partial charge is 0.147 e. The number of aromatic nitrogens is 2. The van der Waals surface area contributed by atoms with Gasteiger partial charge in [-0.2, -0.15) is 4.37 Å². The highest BCUT2D eigenvalue weighted by Gasteiger charge is 2.21. The van der Waals surface area contributed by atoms with Gasteiger partial charge in [0, 0.05) is 24.5 Å². The molecule has 0 saturated carbocycles. The summed E-state index contributed by atoms with van der Waals surface area (Å²) in [4.78, 5) is 4.15. The van der Waals surface area contributed by atoms with Crippen LogP contribution >= 0.6 is 11.5 Å². The van der Waals surface area contributed by atoms with Crippen LogP contribution in [0.5, 0.6) is 0 Å². The van der Waals surface area contributed by atoms with Crippen molar-refractivity contribution in [3.8, 4) is 11.1 Å². The van der Waals surface area contributed by atoms with E-state index in [9.17, 15) is 0 Å². The lowest BCUT2D eigenvalue weighted by molar-refractivity contribution is 0.275. The number of pyridine rings is 1. The normalized spacial score (nSPS) is 13.2. The minimum atomic E-state index is 0.275. The number of nitrogens with two attached hydrogens (primary N) is 1. The molecule has 0 fully saturated rings. The molecule has 0 aliphatic heterocycles. The van der Waals surface area contributed by atoms with Gasteiger partial charge in [-0.05, 0) is 28.9 Å². The second-order valence-electron chi connectivity index (χ2n) is 6.16. The molecule has 3 N–H and O–H groups in total. The summed E-state index contributed by atoms with van der Waals surface area (Å²) in [7, 11) is 0. The maximum Gasteiger partial charge on any atom is 0.147 e. The maximum absolute atomic E-state index is 6.00. The van der Waals surface area contributed by atoms with Gasteiger partial charge in [-0.1, -0.05) is 33.8 Å². The third-order valence-corrected chi connectivity index (χ3v) is 4.53. The van der Waals surface area contributed by atoms with E-state index in [1.54, 1.807) is 6.20 Å². The fraction of sp³-hybridized carbons (Fsp3) is 0.467. The summed E-state index contributed by atoms with van der Waals surface area (Å²) in [6.45, 7) is 9.91. The molecule has 0 bridgehead atoms. The van der Waals surface area contributed by atoms with E-state index in [-0.39, 0.29) is 5.41 Å². The zero-order valence-corrected chi connectivity index (χ0v) is 13.3. The molecule has 20 heavy (non-hydrogen) atoms. The molecule has 5 heteroatoms. The Balaban J connectivity index is 2.19. The zero-order chi connectivity index (χ0) is 14.8. The second-order valence-corrected chi connectivity index (χ2v) is 6.94. The van der Waals surface area contributed by atoms with E-state index in [1.165, 1.54) is 11.5 Å². The van der Waals surface area contributed by atoms with Crippen LogP contribution in [0.25, 0.3) is 11.1 Å². The molecule has 1 unspecified atom stereocenters. The van der Waals surface area contributed by atoms with E-state index >= 15 is 0 Å². The number of anilines is 2. The highest BCUT2D eigenvalue weighted by molar-refractivity contribution is 7.11. The van der Waals surface area contributed by atoms with Crippen LogP contribution in [0, 0.1) is 11.3 Å².